The minimum absolute atomic E-state index is 0.0607. The molecule has 1 atom stereocenters. The van der Waals surface area contributed by atoms with Crippen LogP contribution in [0.4, 0.5) is 0 Å². The van der Waals surface area contributed by atoms with Gasteiger partial charge < -0.3 is 15.1 Å². The second-order valence-corrected chi connectivity index (χ2v) is 10.3. The van der Waals surface area contributed by atoms with E-state index in [1.165, 1.54) is 41.9 Å². The van der Waals surface area contributed by atoms with Crippen LogP contribution in [0.5, 0.6) is 0 Å². The number of fused-ring (bicyclic) bond motifs is 2. The van der Waals surface area contributed by atoms with Crippen LogP contribution in [0.1, 0.15) is 34.5 Å². The number of thiophene rings is 1. The third-order valence-electron chi connectivity index (χ3n) is 7.06. The first-order valence-corrected chi connectivity index (χ1v) is 12.5. The van der Waals surface area contributed by atoms with Crippen LogP contribution < -0.4 is 10.9 Å². The Morgan fingerprint density at radius 1 is 1.33 bits per heavy atom. The Labute approximate surface area is 198 Å². The standard InChI is InChI=1S/C25H31N5O2S/c1-16-21-23(33-22(16)25(32)28(2)3)27-15-30(24(21)31)13-12-29-11-10-26-14-20(29)19-9-5-7-17-6-4-8-18(17)19/h5,7,9,15,18,26H,4,6,8,10-14H2,1-3H3. The number of piperazine rings is 1. The second-order valence-electron chi connectivity index (χ2n) is 9.29. The van der Waals surface area contributed by atoms with Gasteiger partial charge in [-0.15, -0.1) is 11.3 Å². The van der Waals surface area contributed by atoms with Crippen molar-refractivity contribution in [2.24, 2.45) is 5.92 Å². The Morgan fingerprint density at radius 2 is 2.18 bits per heavy atom. The van der Waals surface area contributed by atoms with Crippen molar-refractivity contribution in [1.29, 1.82) is 0 Å². The number of allylic oxidation sites excluding steroid dienone is 5. The number of aromatic nitrogens is 2. The fraction of sp³-hybridized carbons (Fsp3) is 0.480. The van der Waals surface area contributed by atoms with Gasteiger partial charge in [-0.3, -0.25) is 14.2 Å². The number of amides is 1. The van der Waals surface area contributed by atoms with Gasteiger partial charge in [0.2, 0.25) is 0 Å². The lowest BCUT2D eigenvalue weighted by atomic mass is 9.87. The Kier molecular flexibility index (Phi) is 5.97. The van der Waals surface area contributed by atoms with Gasteiger partial charge in [0.25, 0.3) is 11.5 Å². The summed E-state index contributed by atoms with van der Waals surface area (Å²) in [7, 11) is 3.45. The van der Waals surface area contributed by atoms with Gasteiger partial charge in [0.15, 0.2) is 0 Å². The summed E-state index contributed by atoms with van der Waals surface area (Å²) in [5, 5.41) is 4.11. The third-order valence-corrected chi connectivity index (χ3v) is 8.25. The topological polar surface area (TPSA) is 70.5 Å². The van der Waals surface area contributed by atoms with Gasteiger partial charge in [0.05, 0.1) is 16.6 Å². The highest BCUT2D eigenvalue weighted by atomic mass is 32.1. The van der Waals surface area contributed by atoms with Gasteiger partial charge in [-0.05, 0) is 37.3 Å². The summed E-state index contributed by atoms with van der Waals surface area (Å²) in [6, 6.07) is 0. The van der Waals surface area contributed by atoms with Crippen LogP contribution in [0.15, 0.2) is 46.2 Å². The predicted molar refractivity (Wildman–Crippen MR) is 133 cm³/mol. The molecule has 1 aliphatic heterocycles. The Morgan fingerprint density at radius 3 is 3.00 bits per heavy atom. The minimum Gasteiger partial charge on any atom is -0.370 e. The van der Waals surface area contributed by atoms with E-state index >= 15 is 0 Å². The van der Waals surface area contributed by atoms with E-state index in [0.29, 0.717) is 27.6 Å². The highest BCUT2D eigenvalue weighted by Gasteiger charge is 2.29. The molecule has 33 heavy (non-hydrogen) atoms. The van der Waals surface area contributed by atoms with E-state index in [9.17, 15) is 9.59 Å². The molecule has 2 aromatic rings. The zero-order valence-corrected chi connectivity index (χ0v) is 20.4. The zero-order chi connectivity index (χ0) is 23.1. The number of carbonyl (C=O) groups is 1. The molecule has 3 aliphatic rings. The van der Waals surface area contributed by atoms with Crippen molar-refractivity contribution in [3.63, 3.8) is 0 Å². The highest BCUT2D eigenvalue weighted by molar-refractivity contribution is 7.20. The molecule has 2 aliphatic carbocycles. The molecule has 0 bridgehead atoms. The normalized spacial score (nSPS) is 22.6. The molecule has 8 heteroatoms. The maximum atomic E-state index is 13.3. The first-order valence-electron chi connectivity index (χ1n) is 11.7. The molecule has 1 saturated heterocycles. The average molecular weight is 466 g/mol. The molecule has 2 fully saturated rings. The van der Waals surface area contributed by atoms with Crippen molar-refractivity contribution in [2.45, 2.75) is 32.7 Å². The molecule has 1 unspecified atom stereocenters. The average Bonchev–Trinajstić information content (AvgIpc) is 3.43. The smallest absolute Gasteiger partial charge is 0.263 e. The molecule has 0 aromatic carbocycles. The number of hydrogen-bond donors (Lipinski definition) is 1. The van der Waals surface area contributed by atoms with Crippen LogP contribution >= 0.6 is 11.3 Å². The predicted octanol–water partition coefficient (Wildman–Crippen LogP) is 2.92. The van der Waals surface area contributed by atoms with E-state index in [2.05, 4.69) is 33.4 Å². The van der Waals surface area contributed by atoms with Crippen LogP contribution in [-0.4, -0.2) is 65.5 Å². The summed E-state index contributed by atoms with van der Waals surface area (Å²) in [4.78, 5) is 35.5. The number of nitrogens with one attached hydrogen (secondary N) is 1. The molecule has 1 amide bonds. The lowest BCUT2D eigenvalue weighted by Gasteiger charge is -2.36. The molecule has 1 saturated carbocycles. The van der Waals surface area contributed by atoms with E-state index < -0.39 is 0 Å². The fourth-order valence-corrected chi connectivity index (χ4v) is 6.43. The van der Waals surface area contributed by atoms with Gasteiger partial charge in [-0.1, -0.05) is 23.8 Å². The number of hydrogen-bond acceptors (Lipinski definition) is 6. The quantitative estimate of drug-likeness (QED) is 0.752. The van der Waals surface area contributed by atoms with Crippen LogP contribution in [0.25, 0.3) is 10.2 Å². The van der Waals surface area contributed by atoms with E-state index in [1.54, 1.807) is 35.5 Å². The lowest BCUT2D eigenvalue weighted by molar-refractivity contribution is 0.0831. The molecule has 5 rings (SSSR count). The van der Waals surface area contributed by atoms with E-state index in [0.717, 1.165) is 31.7 Å². The number of aryl methyl sites for hydroxylation is 1. The molecular weight excluding hydrogens is 434 g/mol. The van der Waals surface area contributed by atoms with Crippen LogP contribution in [-0.2, 0) is 6.54 Å². The van der Waals surface area contributed by atoms with Crippen molar-refractivity contribution in [3.05, 3.63) is 62.2 Å². The lowest BCUT2D eigenvalue weighted by Crippen LogP contribution is -2.44. The van der Waals surface area contributed by atoms with E-state index in [4.69, 9.17) is 0 Å². The summed E-state index contributed by atoms with van der Waals surface area (Å²) in [5.74, 6) is 0.466. The summed E-state index contributed by atoms with van der Waals surface area (Å²) >= 11 is 1.30. The largest absolute Gasteiger partial charge is 0.370 e. The SMILES string of the molecule is Cc1c(C(=O)N(C)C)sc2ncn(CCN3CCNCC3=C3C=CC=C4CCCC43)c(=O)c12. The maximum absolute atomic E-state index is 13.3. The fourth-order valence-electron chi connectivity index (χ4n) is 5.27. The monoisotopic (exact) mass is 465 g/mol. The summed E-state index contributed by atoms with van der Waals surface area (Å²) in [6.07, 6.45) is 12.1. The molecule has 3 heterocycles. The Bertz CT molecular complexity index is 1250. The van der Waals surface area contributed by atoms with Crippen molar-refractivity contribution >= 4 is 27.5 Å². The van der Waals surface area contributed by atoms with Crippen molar-refractivity contribution in [3.8, 4) is 0 Å². The number of nitrogens with zero attached hydrogens (tertiary/aromatic N) is 4. The number of carbonyl (C=O) groups excluding carboxylic acids is 1. The van der Waals surface area contributed by atoms with Crippen molar-refractivity contribution in [1.82, 2.24) is 24.7 Å². The van der Waals surface area contributed by atoms with E-state index in [-0.39, 0.29) is 11.5 Å². The molecule has 2 aromatic heterocycles. The van der Waals surface area contributed by atoms with Gasteiger partial charge in [0, 0.05) is 58.4 Å². The summed E-state index contributed by atoms with van der Waals surface area (Å²) in [6.45, 7) is 5.93. The summed E-state index contributed by atoms with van der Waals surface area (Å²) in [5.41, 5.74) is 5.04. The zero-order valence-electron chi connectivity index (χ0n) is 19.6. The van der Waals surface area contributed by atoms with Gasteiger partial charge in [0.1, 0.15) is 4.83 Å². The summed E-state index contributed by atoms with van der Waals surface area (Å²) < 4.78 is 1.70. The van der Waals surface area contributed by atoms with Crippen molar-refractivity contribution < 1.29 is 4.79 Å². The van der Waals surface area contributed by atoms with Gasteiger partial charge in [-0.25, -0.2) is 4.98 Å². The van der Waals surface area contributed by atoms with E-state index in [1.807, 2.05) is 6.92 Å². The first kappa shape index (κ1) is 22.1. The van der Waals surface area contributed by atoms with Crippen LogP contribution in [0.2, 0.25) is 0 Å². The first-order chi connectivity index (χ1) is 16.0. The molecule has 174 valence electrons. The molecular formula is C25H31N5O2S. The molecule has 0 radical (unpaired) electrons. The highest BCUT2D eigenvalue weighted by Crippen LogP contribution is 2.41. The second kappa shape index (κ2) is 8.91. The minimum atomic E-state index is -0.0839. The number of rotatable bonds is 4. The van der Waals surface area contributed by atoms with Gasteiger partial charge >= 0.3 is 0 Å². The Balaban J connectivity index is 1.41. The molecule has 1 N–H and O–H groups in total. The maximum Gasteiger partial charge on any atom is 0.263 e. The van der Waals surface area contributed by atoms with Crippen LogP contribution in [0, 0.1) is 12.8 Å². The van der Waals surface area contributed by atoms with Crippen molar-refractivity contribution in [2.75, 3.05) is 40.3 Å². The van der Waals surface area contributed by atoms with Gasteiger partial charge in [-0.2, -0.15) is 0 Å². The van der Waals surface area contributed by atoms with Crippen LogP contribution in [0.3, 0.4) is 0 Å². The molecule has 0 spiro atoms. The Hall–Kier alpha value is -2.71. The molecule has 7 nitrogen and oxygen atoms in total. The third kappa shape index (κ3) is 3.95.